The van der Waals surface area contributed by atoms with Crippen molar-refractivity contribution in [2.24, 2.45) is 0 Å². The van der Waals surface area contributed by atoms with Crippen LogP contribution in [0.4, 0.5) is 32.0 Å². The Hall–Kier alpha value is -4.05. The molecule has 0 bridgehead atoms. The Labute approximate surface area is 247 Å². The first-order valence-electron chi connectivity index (χ1n) is 13.8. The van der Waals surface area contributed by atoms with Gasteiger partial charge >= 0.3 is 0 Å². The summed E-state index contributed by atoms with van der Waals surface area (Å²) >= 11 is 0. The van der Waals surface area contributed by atoms with Crippen LogP contribution in [0.1, 0.15) is 55.8 Å². The molecule has 2 aromatic heterocycles. The van der Waals surface area contributed by atoms with Gasteiger partial charge in [0.05, 0.1) is 41.5 Å². The summed E-state index contributed by atoms with van der Waals surface area (Å²) in [6.45, 7) is -0.843. The number of aromatic nitrogens is 4. The Morgan fingerprint density at radius 1 is 0.886 bits per heavy atom. The number of hydrogen-bond acceptors (Lipinski definition) is 6. The maximum absolute atomic E-state index is 15.4. The molecule has 0 spiro atoms. The molecule has 1 aliphatic carbocycles. The molecule has 1 amide bonds. The Morgan fingerprint density at radius 2 is 1.57 bits per heavy atom. The Balaban J connectivity index is 1.35. The fourth-order valence-electron chi connectivity index (χ4n) is 5.66. The van der Waals surface area contributed by atoms with Gasteiger partial charge in [-0.2, -0.15) is 9.40 Å². The standard InChI is InChI=1S/C28H24F6N6O3S/c29-17-8-15-10-37-38-18(15)9-21(17)39(13-16-11-36-19(12-35-16)14-4-2-1-3-5-14)28(41)20-6-7-40(20)44(42,43)27-25(33)23(31)22(30)24(32)26(27)34/h8-12,14,20H,1-7,13H2,(H,37,38). The van der Waals surface area contributed by atoms with Crippen molar-refractivity contribution in [3.8, 4) is 0 Å². The molecular formula is C28H24F6N6O3S. The molecule has 6 rings (SSSR count). The minimum atomic E-state index is -5.41. The summed E-state index contributed by atoms with van der Waals surface area (Å²) in [5, 5.41) is 6.88. The molecular weight excluding hydrogens is 614 g/mol. The third kappa shape index (κ3) is 5.08. The highest BCUT2D eigenvalue weighted by molar-refractivity contribution is 7.89. The van der Waals surface area contributed by atoms with Crippen LogP contribution in [-0.2, 0) is 21.4 Å². The van der Waals surface area contributed by atoms with Crippen LogP contribution in [0.5, 0.6) is 0 Å². The van der Waals surface area contributed by atoms with Crippen LogP contribution >= 0.6 is 0 Å². The number of fused-ring (bicyclic) bond motifs is 1. The number of rotatable bonds is 7. The van der Waals surface area contributed by atoms with E-state index in [1.54, 1.807) is 6.20 Å². The number of sulfonamides is 1. The van der Waals surface area contributed by atoms with Crippen LogP contribution in [0.25, 0.3) is 10.9 Å². The Kier molecular flexibility index (Phi) is 7.82. The number of hydrogen-bond donors (Lipinski definition) is 1. The van der Waals surface area contributed by atoms with Crippen LogP contribution in [0.2, 0.25) is 0 Å². The topological polar surface area (TPSA) is 112 Å². The minimum Gasteiger partial charge on any atom is -0.302 e. The summed E-state index contributed by atoms with van der Waals surface area (Å²) < 4.78 is 112. The molecule has 2 fully saturated rings. The van der Waals surface area contributed by atoms with Gasteiger partial charge in [0.15, 0.2) is 28.2 Å². The number of benzene rings is 2. The lowest BCUT2D eigenvalue weighted by Gasteiger charge is -2.41. The summed E-state index contributed by atoms with van der Waals surface area (Å²) in [6, 6.07) is 0.735. The third-order valence-corrected chi connectivity index (χ3v) is 10.1. The number of nitrogens with one attached hydrogen (secondary N) is 1. The lowest BCUT2D eigenvalue weighted by molar-refractivity contribution is -0.125. The van der Waals surface area contributed by atoms with Crippen LogP contribution in [-0.4, -0.2) is 51.4 Å². The predicted octanol–water partition coefficient (Wildman–Crippen LogP) is 5.23. The Bertz CT molecular complexity index is 1830. The van der Waals surface area contributed by atoms with Gasteiger partial charge in [-0.1, -0.05) is 19.3 Å². The van der Waals surface area contributed by atoms with Crippen molar-refractivity contribution < 1.29 is 39.6 Å². The molecule has 2 aliphatic rings. The fraction of sp³-hybridized carbons (Fsp3) is 0.357. The number of anilines is 1. The number of H-pyrrole nitrogens is 1. The summed E-state index contributed by atoms with van der Waals surface area (Å²) in [4.78, 5) is 21.6. The summed E-state index contributed by atoms with van der Waals surface area (Å²) in [7, 11) is -5.41. The molecule has 1 unspecified atom stereocenters. The van der Waals surface area contributed by atoms with E-state index in [1.165, 1.54) is 18.5 Å². The second-order valence-corrected chi connectivity index (χ2v) is 12.6. The van der Waals surface area contributed by atoms with Gasteiger partial charge in [0.1, 0.15) is 11.9 Å². The molecule has 2 aromatic carbocycles. The van der Waals surface area contributed by atoms with Gasteiger partial charge in [0.25, 0.3) is 0 Å². The summed E-state index contributed by atoms with van der Waals surface area (Å²) in [5.74, 6) is -14.2. The molecule has 3 heterocycles. The monoisotopic (exact) mass is 638 g/mol. The van der Waals surface area contributed by atoms with Crippen molar-refractivity contribution >= 4 is 32.5 Å². The third-order valence-electron chi connectivity index (χ3n) is 8.13. The second-order valence-electron chi connectivity index (χ2n) is 10.8. The molecule has 1 saturated heterocycles. The van der Waals surface area contributed by atoms with Crippen molar-refractivity contribution in [3.63, 3.8) is 0 Å². The summed E-state index contributed by atoms with van der Waals surface area (Å²) in [6.07, 6.45) is 9.38. The molecule has 44 heavy (non-hydrogen) atoms. The average molecular weight is 639 g/mol. The van der Waals surface area contributed by atoms with E-state index < -0.39 is 68.3 Å². The summed E-state index contributed by atoms with van der Waals surface area (Å²) in [5.41, 5.74) is 1.06. The molecule has 1 aliphatic heterocycles. The van der Waals surface area contributed by atoms with E-state index in [1.807, 2.05) is 0 Å². The number of carbonyl (C=O) groups excluding carboxylic acids is 1. The molecule has 1 N–H and O–H groups in total. The fourth-order valence-corrected chi connectivity index (χ4v) is 7.41. The maximum atomic E-state index is 15.4. The number of halogens is 6. The number of aromatic amines is 1. The zero-order valence-electron chi connectivity index (χ0n) is 22.8. The van der Waals surface area contributed by atoms with Crippen LogP contribution < -0.4 is 4.90 Å². The highest BCUT2D eigenvalue weighted by Gasteiger charge is 2.48. The molecule has 9 nitrogen and oxygen atoms in total. The highest BCUT2D eigenvalue weighted by Crippen LogP contribution is 2.36. The van der Waals surface area contributed by atoms with Gasteiger partial charge in [0.2, 0.25) is 21.7 Å². The first-order chi connectivity index (χ1) is 21.0. The van der Waals surface area contributed by atoms with Gasteiger partial charge in [-0.3, -0.25) is 19.9 Å². The predicted molar refractivity (Wildman–Crippen MR) is 144 cm³/mol. The first-order valence-corrected chi connectivity index (χ1v) is 15.2. The van der Waals surface area contributed by atoms with Crippen molar-refractivity contribution in [2.75, 3.05) is 11.4 Å². The van der Waals surface area contributed by atoms with Crippen molar-refractivity contribution in [2.45, 2.75) is 61.9 Å². The van der Waals surface area contributed by atoms with Crippen LogP contribution in [0, 0.1) is 34.9 Å². The van der Waals surface area contributed by atoms with E-state index in [9.17, 15) is 35.2 Å². The lowest BCUT2D eigenvalue weighted by Crippen LogP contribution is -2.59. The van der Waals surface area contributed by atoms with Gasteiger partial charge in [-0.05, 0) is 31.4 Å². The number of amides is 1. The zero-order chi connectivity index (χ0) is 31.3. The zero-order valence-corrected chi connectivity index (χ0v) is 23.7. The van der Waals surface area contributed by atoms with Crippen molar-refractivity contribution in [1.29, 1.82) is 0 Å². The van der Waals surface area contributed by atoms with Gasteiger partial charge in [0, 0.05) is 24.0 Å². The SMILES string of the molecule is O=C(C1CCN1S(=O)(=O)c1c(F)c(F)c(F)c(F)c1F)N(Cc1cnc(C2CCCCC2)cn1)c1cc2[nH]ncc2cc1F. The van der Waals surface area contributed by atoms with Gasteiger partial charge in [-0.25, -0.2) is 34.8 Å². The minimum absolute atomic E-state index is 0.176. The quantitative estimate of drug-likeness (QED) is 0.169. The largest absolute Gasteiger partial charge is 0.302 e. The molecule has 4 aromatic rings. The van der Waals surface area contributed by atoms with E-state index in [2.05, 4.69) is 20.2 Å². The molecule has 0 radical (unpaired) electrons. The normalized spacial score (nSPS) is 18.0. The van der Waals surface area contributed by atoms with E-state index >= 15 is 4.39 Å². The molecule has 1 saturated carbocycles. The lowest BCUT2D eigenvalue weighted by atomic mass is 9.87. The molecule has 232 valence electrons. The second kappa shape index (κ2) is 11.5. The number of nitrogens with zero attached hydrogens (tertiary/aromatic N) is 5. The van der Waals surface area contributed by atoms with Gasteiger partial charge < -0.3 is 4.90 Å². The van der Waals surface area contributed by atoms with Crippen LogP contribution in [0.3, 0.4) is 0 Å². The average Bonchev–Trinajstić information content (AvgIpc) is 3.44. The van der Waals surface area contributed by atoms with Crippen molar-refractivity contribution in [3.05, 3.63) is 77.0 Å². The highest BCUT2D eigenvalue weighted by atomic mass is 32.2. The smallest absolute Gasteiger partial charge is 0.249 e. The van der Waals surface area contributed by atoms with E-state index in [-0.39, 0.29) is 30.3 Å². The molecule has 1 atom stereocenters. The van der Waals surface area contributed by atoms with E-state index in [4.69, 9.17) is 0 Å². The molecule has 16 heteroatoms. The Morgan fingerprint density at radius 3 is 2.18 bits per heavy atom. The van der Waals surface area contributed by atoms with Crippen molar-refractivity contribution in [1.82, 2.24) is 24.5 Å². The maximum Gasteiger partial charge on any atom is 0.249 e. The van der Waals surface area contributed by atoms with Crippen LogP contribution in [0.15, 0.2) is 35.6 Å². The van der Waals surface area contributed by atoms with E-state index in [0.717, 1.165) is 48.8 Å². The number of carbonyl (C=O) groups is 1. The first kappa shape index (κ1) is 30.0. The van der Waals surface area contributed by atoms with Gasteiger partial charge in [-0.15, -0.1) is 0 Å². The van der Waals surface area contributed by atoms with E-state index in [0.29, 0.717) is 15.2 Å².